The van der Waals surface area contributed by atoms with E-state index in [1.165, 1.54) is 5.56 Å². The fourth-order valence-electron chi connectivity index (χ4n) is 1.52. The Bertz CT molecular complexity index is 292. The van der Waals surface area contributed by atoms with Gasteiger partial charge in [0.25, 0.3) is 0 Å². The molecule has 0 aromatic heterocycles. The maximum Gasteiger partial charge on any atom is 0.122 e. The number of hydrogen-bond acceptors (Lipinski definition) is 2. The summed E-state index contributed by atoms with van der Waals surface area (Å²) in [6.45, 7) is 4.47. The van der Waals surface area contributed by atoms with Gasteiger partial charge in [0.15, 0.2) is 0 Å². The summed E-state index contributed by atoms with van der Waals surface area (Å²) < 4.78 is 5.31. The lowest BCUT2D eigenvalue weighted by Gasteiger charge is -2.12. The third-order valence-corrected chi connectivity index (χ3v) is 2.32. The van der Waals surface area contributed by atoms with Gasteiger partial charge in [0.05, 0.1) is 7.11 Å². The molecule has 0 fully saturated rings. The van der Waals surface area contributed by atoms with Crippen molar-refractivity contribution < 1.29 is 9.84 Å². The highest BCUT2D eigenvalue weighted by atomic mass is 16.5. The minimum atomic E-state index is 0.185. The second-order valence-electron chi connectivity index (χ2n) is 3.70. The lowest BCUT2D eigenvalue weighted by atomic mass is 9.99. The summed E-state index contributed by atoms with van der Waals surface area (Å²) in [5, 5.41) is 8.82. The molecule has 0 atom stereocenters. The summed E-state index contributed by atoms with van der Waals surface area (Å²) in [5.74, 6) is 1.39. The van der Waals surface area contributed by atoms with E-state index in [-0.39, 0.29) is 6.61 Å². The van der Waals surface area contributed by atoms with E-state index in [0.29, 0.717) is 12.3 Å². The van der Waals surface area contributed by atoms with Crippen LogP contribution in [-0.2, 0) is 6.42 Å². The lowest BCUT2D eigenvalue weighted by molar-refractivity contribution is 0.299. The Balaban J connectivity index is 2.99. The molecule has 1 rings (SSSR count). The van der Waals surface area contributed by atoms with E-state index in [4.69, 9.17) is 9.84 Å². The maximum atomic E-state index is 8.82. The molecule has 0 amide bonds. The molecule has 2 heteroatoms. The van der Waals surface area contributed by atoms with Crippen molar-refractivity contribution in [3.05, 3.63) is 29.3 Å². The summed E-state index contributed by atoms with van der Waals surface area (Å²) in [4.78, 5) is 0. The molecule has 1 N–H and O–H groups in total. The first kappa shape index (κ1) is 11.1. The number of aliphatic hydroxyl groups excluding tert-OH is 1. The largest absolute Gasteiger partial charge is 0.496 e. The maximum absolute atomic E-state index is 8.82. The Morgan fingerprint density at radius 2 is 2.07 bits per heavy atom. The fraction of sp³-hybridized carbons (Fsp3) is 0.500. The van der Waals surface area contributed by atoms with Crippen LogP contribution in [0.3, 0.4) is 0 Å². The van der Waals surface area contributed by atoms with Gasteiger partial charge < -0.3 is 9.84 Å². The van der Waals surface area contributed by atoms with Crippen molar-refractivity contribution in [3.8, 4) is 5.75 Å². The molecule has 0 saturated carbocycles. The van der Waals surface area contributed by atoms with Crippen LogP contribution < -0.4 is 4.74 Å². The second-order valence-corrected chi connectivity index (χ2v) is 3.70. The Hall–Kier alpha value is -1.02. The highest BCUT2D eigenvalue weighted by Crippen LogP contribution is 2.27. The summed E-state index contributed by atoms with van der Waals surface area (Å²) in [5.41, 5.74) is 2.34. The summed E-state index contributed by atoms with van der Waals surface area (Å²) in [7, 11) is 1.68. The third kappa shape index (κ3) is 2.48. The number of methoxy groups -OCH3 is 1. The third-order valence-electron chi connectivity index (χ3n) is 2.32. The van der Waals surface area contributed by atoms with E-state index in [0.717, 1.165) is 11.3 Å². The van der Waals surface area contributed by atoms with E-state index in [2.05, 4.69) is 19.9 Å². The number of aliphatic hydroxyl groups is 1. The molecule has 1 aromatic carbocycles. The van der Waals surface area contributed by atoms with Crippen molar-refractivity contribution in [2.45, 2.75) is 26.2 Å². The van der Waals surface area contributed by atoms with Crippen LogP contribution in [0, 0.1) is 0 Å². The monoisotopic (exact) mass is 194 g/mol. The van der Waals surface area contributed by atoms with Gasteiger partial charge in [0, 0.05) is 6.61 Å². The molecule has 78 valence electrons. The van der Waals surface area contributed by atoms with E-state index >= 15 is 0 Å². The molecule has 0 aliphatic heterocycles. The summed E-state index contributed by atoms with van der Waals surface area (Å²) in [6, 6.07) is 6.13. The van der Waals surface area contributed by atoms with Crippen molar-refractivity contribution in [2.75, 3.05) is 13.7 Å². The van der Waals surface area contributed by atoms with Gasteiger partial charge in [-0.3, -0.25) is 0 Å². The standard InChI is InChI=1S/C12H18O2/c1-9(2)11-5-4-10(6-7-13)8-12(11)14-3/h4-5,8-9,13H,6-7H2,1-3H3. The van der Waals surface area contributed by atoms with E-state index < -0.39 is 0 Å². The first-order chi connectivity index (χ1) is 6.69. The Labute approximate surface area is 85.5 Å². The van der Waals surface area contributed by atoms with Crippen LogP contribution in [0.4, 0.5) is 0 Å². The summed E-state index contributed by atoms with van der Waals surface area (Å²) >= 11 is 0. The molecule has 1 aromatic rings. The first-order valence-corrected chi connectivity index (χ1v) is 4.96. The van der Waals surface area contributed by atoms with Gasteiger partial charge in [0.2, 0.25) is 0 Å². The molecular formula is C12H18O2. The zero-order chi connectivity index (χ0) is 10.6. The molecule has 0 heterocycles. The Morgan fingerprint density at radius 3 is 2.57 bits per heavy atom. The zero-order valence-electron chi connectivity index (χ0n) is 9.08. The molecule has 0 saturated heterocycles. The van der Waals surface area contributed by atoms with Gasteiger partial charge >= 0.3 is 0 Å². The van der Waals surface area contributed by atoms with Crippen LogP contribution in [0.2, 0.25) is 0 Å². The van der Waals surface area contributed by atoms with Crippen LogP contribution in [0.25, 0.3) is 0 Å². The normalized spacial score (nSPS) is 10.6. The highest BCUT2D eigenvalue weighted by Gasteiger charge is 2.07. The van der Waals surface area contributed by atoms with Crippen molar-refractivity contribution in [1.82, 2.24) is 0 Å². The van der Waals surface area contributed by atoms with Gasteiger partial charge in [-0.1, -0.05) is 26.0 Å². The van der Waals surface area contributed by atoms with Crippen molar-refractivity contribution in [2.24, 2.45) is 0 Å². The van der Waals surface area contributed by atoms with Crippen LogP contribution in [0.15, 0.2) is 18.2 Å². The van der Waals surface area contributed by atoms with Gasteiger partial charge in [-0.05, 0) is 29.5 Å². The van der Waals surface area contributed by atoms with Gasteiger partial charge in [-0.25, -0.2) is 0 Å². The number of hydrogen-bond donors (Lipinski definition) is 1. The number of rotatable bonds is 4. The average Bonchev–Trinajstić information content (AvgIpc) is 2.17. The smallest absolute Gasteiger partial charge is 0.122 e. The van der Waals surface area contributed by atoms with E-state index in [9.17, 15) is 0 Å². The molecule has 0 bridgehead atoms. The van der Waals surface area contributed by atoms with E-state index in [1.807, 2.05) is 12.1 Å². The van der Waals surface area contributed by atoms with Crippen LogP contribution in [0.5, 0.6) is 5.75 Å². The molecular weight excluding hydrogens is 176 g/mol. The average molecular weight is 194 g/mol. The Kier molecular flexibility index (Phi) is 3.96. The quantitative estimate of drug-likeness (QED) is 0.797. The highest BCUT2D eigenvalue weighted by molar-refractivity contribution is 5.39. The van der Waals surface area contributed by atoms with Gasteiger partial charge in [0.1, 0.15) is 5.75 Å². The molecule has 14 heavy (non-hydrogen) atoms. The van der Waals surface area contributed by atoms with Gasteiger partial charge in [-0.2, -0.15) is 0 Å². The molecule has 0 spiro atoms. The minimum Gasteiger partial charge on any atom is -0.496 e. The first-order valence-electron chi connectivity index (χ1n) is 4.96. The number of ether oxygens (including phenoxy) is 1. The molecule has 0 aliphatic carbocycles. The van der Waals surface area contributed by atoms with Crippen LogP contribution in [-0.4, -0.2) is 18.8 Å². The Morgan fingerprint density at radius 1 is 1.36 bits per heavy atom. The van der Waals surface area contributed by atoms with Gasteiger partial charge in [-0.15, -0.1) is 0 Å². The second kappa shape index (κ2) is 5.01. The predicted octanol–water partition coefficient (Wildman–Crippen LogP) is 2.35. The minimum absolute atomic E-state index is 0.185. The molecule has 0 unspecified atom stereocenters. The van der Waals surface area contributed by atoms with E-state index in [1.54, 1.807) is 7.11 Å². The van der Waals surface area contributed by atoms with Crippen molar-refractivity contribution >= 4 is 0 Å². The number of benzene rings is 1. The fourth-order valence-corrected chi connectivity index (χ4v) is 1.52. The molecule has 0 aliphatic rings. The SMILES string of the molecule is COc1cc(CCO)ccc1C(C)C. The molecule has 0 radical (unpaired) electrons. The van der Waals surface area contributed by atoms with Crippen LogP contribution >= 0.6 is 0 Å². The molecule has 2 nitrogen and oxygen atoms in total. The zero-order valence-corrected chi connectivity index (χ0v) is 9.08. The van der Waals surface area contributed by atoms with Crippen molar-refractivity contribution in [1.29, 1.82) is 0 Å². The lowest BCUT2D eigenvalue weighted by Crippen LogP contribution is -1.97. The van der Waals surface area contributed by atoms with Crippen LogP contribution in [0.1, 0.15) is 30.9 Å². The van der Waals surface area contributed by atoms with Crippen molar-refractivity contribution in [3.63, 3.8) is 0 Å². The summed E-state index contributed by atoms with van der Waals surface area (Å²) in [6.07, 6.45) is 0.689. The predicted molar refractivity (Wildman–Crippen MR) is 57.9 cm³/mol. The topological polar surface area (TPSA) is 29.5 Å².